The monoisotopic (exact) mass is 454 g/mol. The van der Waals surface area contributed by atoms with Gasteiger partial charge >= 0.3 is 0 Å². The Bertz CT molecular complexity index is 1140. The largest absolute Gasteiger partial charge is 0.336 e. The molecule has 0 unspecified atom stereocenters. The zero-order valence-electron chi connectivity index (χ0n) is 18.1. The highest BCUT2D eigenvalue weighted by atomic mass is 32.2. The van der Waals surface area contributed by atoms with Crippen LogP contribution in [0.3, 0.4) is 0 Å². The highest BCUT2D eigenvalue weighted by Gasteiger charge is 2.05. The first-order valence-electron chi connectivity index (χ1n) is 10.5. The van der Waals surface area contributed by atoms with Gasteiger partial charge in [-0.1, -0.05) is 67.3 Å². The van der Waals surface area contributed by atoms with Crippen LogP contribution in [0.4, 0.5) is 16.4 Å². The SMILES string of the molecule is C=C/C=C\SNc1ccc(-c2ccc(Cc3ccc(N(C)c4cccs4)cc3)cc2)cc1. The van der Waals surface area contributed by atoms with E-state index in [2.05, 4.69) is 114 Å². The van der Waals surface area contributed by atoms with Crippen LogP contribution >= 0.6 is 23.3 Å². The summed E-state index contributed by atoms with van der Waals surface area (Å²) in [4.78, 5) is 2.22. The Labute approximate surface area is 199 Å². The van der Waals surface area contributed by atoms with E-state index in [0.717, 1.165) is 12.1 Å². The predicted molar refractivity (Wildman–Crippen MR) is 144 cm³/mol. The molecule has 4 rings (SSSR count). The summed E-state index contributed by atoms with van der Waals surface area (Å²) in [7, 11) is 2.11. The van der Waals surface area contributed by atoms with E-state index < -0.39 is 0 Å². The summed E-state index contributed by atoms with van der Waals surface area (Å²) in [5, 5.41) is 5.33. The lowest BCUT2D eigenvalue weighted by molar-refractivity contribution is 1.18. The predicted octanol–water partition coefficient (Wildman–Crippen LogP) is 8.53. The highest BCUT2D eigenvalue weighted by molar-refractivity contribution is 8.03. The molecule has 0 bridgehead atoms. The van der Waals surface area contributed by atoms with Gasteiger partial charge in [0.2, 0.25) is 0 Å². The minimum absolute atomic E-state index is 0.932. The zero-order chi connectivity index (χ0) is 22.2. The standard InChI is InChI=1S/C28H26N2S2/c1-3-4-20-32-29-26-15-13-25(14-16-26)24-11-7-22(8-12-24)21-23-9-17-27(18-10-23)30(2)28-6-5-19-31-28/h3-20,29H,1,21H2,2H3/b20-4-. The zero-order valence-corrected chi connectivity index (χ0v) is 19.7. The van der Waals surface area contributed by atoms with Gasteiger partial charge in [0.1, 0.15) is 0 Å². The topological polar surface area (TPSA) is 15.3 Å². The minimum atomic E-state index is 0.932. The summed E-state index contributed by atoms with van der Waals surface area (Å²) < 4.78 is 3.29. The average molecular weight is 455 g/mol. The van der Waals surface area contributed by atoms with Crippen LogP contribution in [-0.2, 0) is 6.42 Å². The van der Waals surface area contributed by atoms with Gasteiger partial charge in [-0.3, -0.25) is 0 Å². The lowest BCUT2D eigenvalue weighted by atomic mass is 10.00. The van der Waals surface area contributed by atoms with Crippen molar-refractivity contribution in [2.24, 2.45) is 0 Å². The summed E-state index contributed by atoms with van der Waals surface area (Å²) in [6, 6.07) is 30.4. The van der Waals surface area contributed by atoms with Crippen LogP contribution in [0.5, 0.6) is 0 Å². The van der Waals surface area contributed by atoms with Crippen LogP contribution < -0.4 is 9.62 Å². The van der Waals surface area contributed by atoms with E-state index in [-0.39, 0.29) is 0 Å². The Kier molecular flexibility index (Phi) is 7.49. The number of hydrogen-bond donors (Lipinski definition) is 1. The minimum Gasteiger partial charge on any atom is -0.336 e. The first kappa shape index (κ1) is 22.0. The van der Waals surface area contributed by atoms with Crippen LogP contribution in [0, 0.1) is 0 Å². The molecule has 0 atom stereocenters. The Morgan fingerprint density at radius 2 is 1.50 bits per heavy atom. The van der Waals surface area contributed by atoms with Gasteiger partial charge in [0.25, 0.3) is 0 Å². The molecule has 0 aliphatic carbocycles. The van der Waals surface area contributed by atoms with Crippen molar-refractivity contribution >= 4 is 39.7 Å². The normalized spacial score (nSPS) is 10.9. The fourth-order valence-corrected chi connectivity index (χ4v) is 4.65. The second-order valence-corrected chi connectivity index (χ2v) is 9.05. The second-order valence-electron chi connectivity index (χ2n) is 7.41. The van der Waals surface area contributed by atoms with Crippen LogP contribution in [0.2, 0.25) is 0 Å². The highest BCUT2D eigenvalue weighted by Crippen LogP contribution is 2.28. The molecule has 4 aromatic rings. The van der Waals surface area contributed by atoms with E-state index in [1.165, 1.54) is 44.9 Å². The molecule has 0 saturated carbocycles. The molecule has 0 saturated heterocycles. The maximum absolute atomic E-state index is 3.67. The summed E-state index contributed by atoms with van der Waals surface area (Å²) in [5.41, 5.74) is 7.37. The molecule has 1 heterocycles. The lowest BCUT2D eigenvalue weighted by Gasteiger charge is -2.17. The molecule has 1 N–H and O–H groups in total. The average Bonchev–Trinajstić information content (AvgIpc) is 3.38. The van der Waals surface area contributed by atoms with Crippen molar-refractivity contribution in [1.82, 2.24) is 0 Å². The molecule has 0 aliphatic rings. The van der Waals surface area contributed by atoms with Crippen LogP contribution in [-0.4, -0.2) is 7.05 Å². The number of hydrogen-bond acceptors (Lipinski definition) is 4. The van der Waals surface area contributed by atoms with E-state index in [0.29, 0.717) is 0 Å². The van der Waals surface area contributed by atoms with Crippen LogP contribution in [0.15, 0.2) is 114 Å². The van der Waals surface area contributed by atoms with Crippen molar-refractivity contribution in [3.63, 3.8) is 0 Å². The van der Waals surface area contributed by atoms with Gasteiger partial charge in [-0.15, -0.1) is 11.3 Å². The number of allylic oxidation sites excluding steroid dienone is 2. The van der Waals surface area contributed by atoms with E-state index in [4.69, 9.17) is 0 Å². The molecule has 0 radical (unpaired) electrons. The number of nitrogens with zero attached hydrogens (tertiary/aromatic N) is 1. The first-order chi connectivity index (χ1) is 15.7. The fraction of sp³-hybridized carbons (Fsp3) is 0.0714. The van der Waals surface area contributed by atoms with E-state index in [1.807, 2.05) is 11.5 Å². The molecule has 0 amide bonds. The Morgan fingerprint density at radius 3 is 2.09 bits per heavy atom. The number of anilines is 3. The number of nitrogens with one attached hydrogen (secondary N) is 1. The van der Waals surface area contributed by atoms with E-state index in [9.17, 15) is 0 Å². The number of thiophene rings is 1. The van der Waals surface area contributed by atoms with E-state index in [1.54, 1.807) is 17.4 Å². The van der Waals surface area contributed by atoms with Crippen LogP contribution in [0.1, 0.15) is 11.1 Å². The molecule has 3 aromatic carbocycles. The van der Waals surface area contributed by atoms with E-state index >= 15 is 0 Å². The molecule has 0 aliphatic heterocycles. The first-order valence-corrected chi connectivity index (χ1v) is 12.2. The lowest BCUT2D eigenvalue weighted by Crippen LogP contribution is -2.07. The van der Waals surface area contributed by atoms with Gasteiger partial charge in [-0.05, 0) is 87.8 Å². The molecular weight excluding hydrogens is 428 g/mol. The smallest absolute Gasteiger partial charge is 0.0950 e. The molecule has 32 heavy (non-hydrogen) atoms. The third-order valence-corrected chi connectivity index (χ3v) is 6.79. The quantitative estimate of drug-likeness (QED) is 0.201. The van der Waals surface area contributed by atoms with Crippen molar-refractivity contribution in [3.8, 4) is 11.1 Å². The number of rotatable bonds is 9. The van der Waals surface area contributed by atoms with Crippen molar-refractivity contribution in [2.75, 3.05) is 16.7 Å². The maximum Gasteiger partial charge on any atom is 0.0950 e. The second kappa shape index (κ2) is 10.9. The molecule has 1 aromatic heterocycles. The summed E-state index contributed by atoms with van der Waals surface area (Å²) in [5.74, 6) is 0. The third kappa shape index (κ3) is 5.72. The summed E-state index contributed by atoms with van der Waals surface area (Å²) in [6.07, 6.45) is 4.61. The molecule has 4 heteroatoms. The number of benzene rings is 3. The third-order valence-electron chi connectivity index (χ3n) is 5.20. The molecule has 160 valence electrons. The Morgan fingerprint density at radius 1 is 0.875 bits per heavy atom. The van der Waals surface area contributed by atoms with Crippen molar-refractivity contribution in [2.45, 2.75) is 6.42 Å². The molecular formula is C28H26N2S2. The molecule has 0 fully saturated rings. The van der Waals surface area contributed by atoms with Crippen LogP contribution in [0.25, 0.3) is 11.1 Å². The fourth-order valence-electron chi connectivity index (χ4n) is 3.40. The van der Waals surface area contributed by atoms with Crippen molar-refractivity contribution in [1.29, 1.82) is 0 Å². The van der Waals surface area contributed by atoms with Gasteiger partial charge in [0.05, 0.1) is 5.00 Å². The van der Waals surface area contributed by atoms with Gasteiger partial charge < -0.3 is 9.62 Å². The Balaban J connectivity index is 1.36. The van der Waals surface area contributed by atoms with Gasteiger partial charge in [-0.2, -0.15) is 0 Å². The van der Waals surface area contributed by atoms with Crippen molar-refractivity contribution in [3.05, 3.63) is 126 Å². The summed E-state index contributed by atoms with van der Waals surface area (Å²) in [6.45, 7) is 3.67. The molecule has 0 spiro atoms. The summed E-state index contributed by atoms with van der Waals surface area (Å²) >= 11 is 3.29. The maximum atomic E-state index is 3.67. The van der Waals surface area contributed by atoms with Gasteiger partial charge in [-0.25, -0.2) is 0 Å². The van der Waals surface area contributed by atoms with Gasteiger partial charge in [0, 0.05) is 18.4 Å². The van der Waals surface area contributed by atoms with Gasteiger partial charge in [0.15, 0.2) is 0 Å². The Hall–Kier alpha value is -3.21. The van der Waals surface area contributed by atoms with Crippen molar-refractivity contribution < 1.29 is 0 Å². The molecule has 2 nitrogen and oxygen atoms in total.